The number of rotatable bonds is 5. The van der Waals surface area contributed by atoms with Gasteiger partial charge in [-0.3, -0.25) is 4.21 Å². The van der Waals surface area contributed by atoms with Crippen LogP contribution in [0.5, 0.6) is 0 Å². The van der Waals surface area contributed by atoms with Gasteiger partial charge in [0.25, 0.3) is 0 Å². The summed E-state index contributed by atoms with van der Waals surface area (Å²) in [7, 11) is 0. The number of hydrogen-bond acceptors (Lipinski definition) is 3. The van der Waals surface area contributed by atoms with Gasteiger partial charge in [0, 0.05) is 36.7 Å². The van der Waals surface area contributed by atoms with E-state index >= 15 is 0 Å². The molecule has 1 N–H and O–H groups in total. The highest BCUT2D eigenvalue weighted by atomic mass is 32.2. The Labute approximate surface area is 73.2 Å². The SMILES string of the molecule is O=S([O-])NCCCn1ccnc1. The quantitative estimate of drug-likeness (QED) is 0.507. The maximum absolute atomic E-state index is 10.0. The van der Waals surface area contributed by atoms with Gasteiger partial charge in [-0.1, -0.05) is 0 Å². The summed E-state index contributed by atoms with van der Waals surface area (Å²) in [5.41, 5.74) is 0. The Hall–Kier alpha value is -0.720. The lowest BCUT2D eigenvalue weighted by Crippen LogP contribution is -2.18. The van der Waals surface area contributed by atoms with Gasteiger partial charge < -0.3 is 9.12 Å². The lowest BCUT2D eigenvalue weighted by atomic mass is 10.4. The van der Waals surface area contributed by atoms with Gasteiger partial charge in [-0.05, 0) is 6.42 Å². The van der Waals surface area contributed by atoms with Crippen LogP contribution in [0, 0.1) is 0 Å². The molecule has 1 aromatic rings. The second kappa shape index (κ2) is 5.02. The Morgan fingerprint density at radius 2 is 2.50 bits per heavy atom. The third-order valence-electron chi connectivity index (χ3n) is 1.37. The number of nitrogens with zero attached hydrogens (tertiary/aromatic N) is 2. The van der Waals surface area contributed by atoms with E-state index < -0.39 is 11.3 Å². The van der Waals surface area contributed by atoms with E-state index in [1.807, 2.05) is 10.8 Å². The molecule has 1 rings (SSSR count). The van der Waals surface area contributed by atoms with E-state index in [-0.39, 0.29) is 0 Å². The van der Waals surface area contributed by atoms with Crippen LogP contribution in [0.3, 0.4) is 0 Å². The van der Waals surface area contributed by atoms with Crippen LogP contribution in [-0.2, 0) is 17.8 Å². The molecule has 0 aliphatic rings. The van der Waals surface area contributed by atoms with Crippen LogP contribution in [0.1, 0.15) is 6.42 Å². The van der Waals surface area contributed by atoms with Crippen LogP contribution in [-0.4, -0.2) is 24.9 Å². The lowest BCUT2D eigenvalue weighted by molar-refractivity contribution is 0.517. The molecule has 0 aromatic carbocycles. The molecule has 1 heterocycles. The Morgan fingerprint density at radius 3 is 3.08 bits per heavy atom. The Morgan fingerprint density at radius 1 is 1.67 bits per heavy atom. The number of aromatic nitrogens is 2. The molecule has 6 heteroatoms. The topological polar surface area (TPSA) is 70.0 Å². The highest BCUT2D eigenvalue weighted by Crippen LogP contribution is 1.88. The first-order chi connectivity index (χ1) is 5.79. The molecule has 0 bridgehead atoms. The molecule has 1 aromatic heterocycles. The summed E-state index contributed by atoms with van der Waals surface area (Å²) in [4.78, 5) is 3.86. The van der Waals surface area contributed by atoms with Crippen molar-refractivity contribution >= 4 is 11.3 Å². The molecule has 0 radical (unpaired) electrons. The molecule has 0 aliphatic carbocycles. The van der Waals surface area contributed by atoms with Crippen LogP contribution in [0.15, 0.2) is 18.7 Å². The van der Waals surface area contributed by atoms with Crippen molar-refractivity contribution in [2.45, 2.75) is 13.0 Å². The Balaban J connectivity index is 2.07. The predicted octanol–water partition coefficient (Wildman–Crippen LogP) is -0.343. The Bertz CT molecular complexity index is 237. The van der Waals surface area contributed by atoms with Gasteiger partial charge in [-0.15, -0.1) is 0 Å². The van der Waals surface area contributed by atoms with Crippen LogP contribution in [0.4, 0.5) is 0 Å². The zero-order valence-corrected chi connectivity index (χ0v) is 7.29. The van der Waals surface area contributed by atoms with Crippen molar-refractivity contribution in [1.29, 1.82) is 0 Å². The average molecular weight is 188 g/mol. The molecule has 68 valence electrons. The molecule has 5 nitrogen and oxygen atoms in total. The van der Waals surface area contributed by atoms with Gasteiger partial charge in [0.15, 0.2) is 0 Å². The molecule has 0 aliphatic heterocycles. The molecule has 1 unspecified atom stereocenters. The largest absolute Gasteiger partial charge is 0.760 e. The molecular formula is C6H10N3O2S-. The standard InChI is InChI=1S/C6H11N3O2S/c10-12(11)8-2-1-4-9-5-3-7-6-9/h3,5-6,8H,1-2,4H2,(H,10,11)/p-1. The van der Waals surface area contributed by atoms with Crippen LogP contribution in [0.2, 0.25) is 0 Å². The fraction of sp³-hybridized carbons (Fsp3) is 0.500. The first kappa shape index (κ1) is 9.37. The van der Waals surface area contributed by atoms with Gasteiger partial charge in [-0.2, -0.15) is 0 Å². The second-order valence-corrected chi connectivity index (χ2v) is 3.04. The predicted molar refractivity (Wildman–Crippen MR) is 43.8 cm³/mol. The van der Waals surface area contributed by atoms with Crippen molar-refractivity contribution in [2.75, 3.05) is 6.54 Å². The van der Waals surface area contributed by atoms with E-state index in [4.69, 9.17) is 0 Å². The van der Waals surface area contributed by atoms with Crippen molar-refractivity contribution in [2.24, 2.45) is 0 Å². The van der Waals surface area contributed by atoms with Gasteiger partial charge in [0.1, 0.15) is 0 Å². The number of hydrogen-bond donors (Lipinski definition) is 1. The first-order valence-corrected chi connectivity index (χ1v) is 4.65. The third kappa shape index (κ3) is 3.61. The van der Waals surface area contributed by atoms with Crippen LogP contribution < -0.4 is 4.72 Å². The molecule has 0 fully saturated rings. The zero-order chi connectivity index (χ0) is 8.81. The third-order valence-corrected chi connectivity index (χ3v) is 1.81. The van der Waals surface area contributed by atoms with Crippen LogP contribution >= 0.6 is 0 Å². The lowest BCUT2D eigenvalue weighted by Gasteiger charge is -2.06. The maximum Gasteiger partial charge on any atom is 0.0945 e. The van der Waals surface area contributed by atoms with E-state index in [9.17, 15) is 8.76 Å². The number of imidazole rings is 1. The fourth-order valence-electron chi connectivity index (χ4n) is 0.836. The molecule has 0 saturated carbocycles. The first-order valence-electron chi connectivity index (χ1n) is 3.57. The van der Waals surface area contributed by atoms with Crippen molar-refractivity contribution in [3.63, 3.8) is 0 Å². The van der Waals surface area contributed by atoms with Gasteiger partial charge >= 0.3 is 0 Å². The summed E-state index contributed by atoms with van der Waals surface area (Å²) >= 11 is -2.14. The minimum atomic E-state index is -2.14. The fourth-order valence-corrected chi connectivity index (χ4v) is 1.15. The van der Waals surface area contributed by atoms with Crippen molar-refractivity contribution < 1.29 is 8.76 Å². The van der Waals surface area contributed by atoms with Crippen molar-refractivity contribution in [3.8, 4) is 0 Å². The average Bonchev–Trinajstić information content (AvgIpc) is 2.49. The highest BCUT2D eigenvalue weighted by Gasteiger charge is 1.89. The smallest absolute Gasteiger partial charge is 0.0945 e. The molecule has 0 spiro atoms. The van der Waals surface area contributed by atoms with E-state index in [2.05, 4.69) is 9.71 Å². The van der Waals surface area contributed by atoms with E-state index in [0.29, 0.717) is 6.54 Å². The summed E-state index contributed by atoms with van der Waals surface area (Å²) in [5.74, 6) is 0. The summed E-state index contributed by atoms with van der Waals surface area (Å²) in [6, 6.07) is 0. The van der Waals surface area contributed by atoms with Gasteiger partial charge in [0.2, 0.25) is 0 Å². The highest BCUT2D eigenvalue weighted by molar-refractivity contribution is 7.77. The molecular weight excluding hydrogens is 178 g/mol. The van der Waals surface area contributed by atoms with Crippen molar-refractivity contribution in [3.05, 3.63) is 18.7 Å². The van der Waals surface area contributed by atoms with E-state index in [1.54, 1.807) is 12.5 Å². The Kier molecular flexibility index (Phi) is 3.92. The summed E-state index contributed by atoms with van der Waals surface area (Å²) in [6.45, 7) is 1.25. The minimum Gasteiger partial charge on any atom is -0.760 e. The summed E-state index contributed by atoms with van der Waals surface area (Å²) in [5, 5.41) is 0. The zero-order valence-electron chi connectivity index (χ0n) is 6.47. The van der Waals surface area contributed by atoms with Gasteiger partial charge in [-0.25, -0.2) is 9.71 Å². The molecule has 12 heavy (non-hydrogen) atoms. The minimum absolute atomic E-state index is 0.467. The van der Waals surface area contributed by atoms with E-state index in [1.165, 1.54) is 0 Å². The normalized spacial score (nSPS) is 13.1. The maximum atomic E-state index is 10.0. The molecule has 0 saturated heterocycles. The van der Waals surface area contributed by atoms with Crippen molar-refractivity contribution in [1.82, 2.24) is 14.3 Å². The van der Waals surface area contributed by atoms with Gasteiger partial charge in [0.05, 0.1) is 6.33 Å². The second-order valence-electron chi connectivity index (χ2n) is 2.28. The molecule has 0 amide bonds. The monoisotopic (exact) mass is 188 g/mol. The summed E-state index contributed by atoms with van der Waals surface area (Å²) in [6.07, 6.45) is 6.01. The number of nitrogens with one attached hydrogen (secondary N) is 1. The molecule has 1 atom stereocenters. The number of aryl methyl sites for hydroxylation is 1. The summed E-state index contributed by atoms with van der Waals surface area (Å²) < 4.78 is 24.2. The van der Waals surface area contributed by atoms with E-state index in [0.717, 1.165) is 13.0 Å². The van der Waals surface area contributed by atoms with Crippen LogP contribution in [0.25, 0.3) is 0 Å².